The molecule has 0 spiro atoms. The van der Waals surface area contributed by atoms with Gasteiger partial charge in [0.15, 0.2) is 45.6 Å². The summed E-state index contributed by atoms with van der Waals surface area (Å²) in [6, 6.07) is 21.9. The fourth-order valence-electron chi connectivity index (χ4n) is 8.52. The van der Waals surface area contributed by atoms with Crippen LogP contribution in [0.3, 0.4) is 0 Å². The van der Waals surface area contributed by atoms with E-state index in [1.165, 1.54) is 24.3 Å². The molecule has 2 amide bonds. The van der Waals surface area contributed by atoms with Crippen LogP contribution in [-0.2, 0) is 9.53 Å². The quantitative estimate of drug-likeness (QED) is 0.0200. The molecule has 562 valence electrons. The number of hydrazone groups is 1. The zero-order chi connectivity index (χ0) is 77.0. The maximum Gasteiger partial charge on any atom is 0.414 e. The molecule has 0 fully saturated rings. The van der Waals surface area contributed by atoms with Gasteiger partial charge in [0.05, 0.1) is 58.2 Å². The molecule has 39 heteroatoms. The van der Waals surface area contributed by atoms with Crippen molar-refractivity contribution >= 4 is 157 Å². The molecule has 0 atom stereocenters. The number of nitrogens with two attached hydrogens (primary N) is 2. The van der Waals surface area contributed by atoms with Crippen molar-refractivity contribution in [3.05, 3.63) is 167 Å². The summed E-state index contributed by atoms with van der Waals surface area (Å²) in [7, 11) is 5.29. The number of halogens is 9. The summed E-state index contributed by atoms with van der Waals surface area (Å²) in [5.41, 5.74) is 15.9. The number of alkyl carbamates (subject to hydrolysis) is 1. The van der Waals surface area contributed by atoms with Crippen LogP contribution in [0.4, 0.5) is 39.3 Å². The predicted molar refractivity (Wildman–Crippen MR) is 417 cm³/mol. The number of carbonyl (C=O) groups is 2. The molecule has 0 aliphatic rings. The van der Waals surface area contributed by atoms with E-state index in [1.54, 1.807) is 82.7 Å². The monoisotopic (exact) mass is 1630 g/mol. The highest BCUT2D eigenvalue weighted by Gasteiger charge is 2.22. The largest absolute Gasteiger partial charge is 0.450 e. The Morgan fingerprint density at radius 2 is 0.868 bits per heavy atom. The molecule has 5 heterocycles. The Bertz CT molecular complexity index is 4790. The standard InChI is InChI=1S/C20H21Cl2N7O4.C18H15Cl2N7O3.C14H16Cl2N4O.C13H12Cl3N3O.2CH4/c1-5-32-20(31)25-19(30)15(9-23)27-26-11-6-13(21)17(14(22)7-11)33-16-8-12(10(2)3)18(24-4)29-28-16;1-8(2)10-6-14(24-25-16(10)22-3)30-15-11(19)4-9(5-12(15)20)27-18(29)23-17(28)13(7-21)26-27;1-7(2)9-6-12(19-20-14(9)18-3)21-13-10(15)4-8(17)5-11(13)16;1-6(2)8-5-11(18-19-13(8)16)20-12-9(14)3-7(17)4-10(12)15;;/h6-8,10,26H,5H2,1-4H3,(H,24,29)(H,25,30,31);4-6,8H,1-3H3,(H,22,25)(H,23,28,29);4-7H,17H2,1-3H3,(H,18,20);3-6H,17H2,1-2H3;2*1H4/b27-15+;;;;;. The van der Waals surface area contributed by atoms with Gasteiger partial charge in [0.1, 0.15) is 12.1 Å². The number of H-pyrrole nitrogens is 1. The zero-order valence-corrected chi connectivity index (χ0v) is 63.8. The third kappa shape index (κ3) is 24.0. The number of rotatable bonds is 20. The number of nitriles is 2. The first-order chi connectivity index (χ1) is 49.2. The van der Waals surface area contributed by atoms with E-state index in [0.717, 1.165) is 26.9 Å². The van der Waals surface area contributed by atoms with Crippen LogP contribution in [-0.4, -0.2) is 101 Å². The smallest absolute Gasteiger partial charge is 0.414 e. The lowest BCUT2D eigenvalue weighted by Crippen LogP contribution is -2.36. The molecule has 5 aromatic heterocycles. The molecule has 0 unspecified atom stereocenters. The highest BCUT2D eigenvalue weighted by atomic mass is 35.5. The van der Waals surface area contributed by atoms with Crippen LogP contribution < -0.4 is 68.4 Å². The molecule has 10 N–H and O–H groups in total. The number of amides is 2. The Kier molecular flexibility index (Phi) is 34.2. The summed E-state index contributed by atoms with van der Waals surface area (Å²) in [4.78, 5) is 48.8. The summed E-state index contributed by atoms with van der Waals surface area (Å²) in [6.07, 6.45) is -0.996. The van der Waals surface area contributed by atoms with Crippen LogP contribution >= 0.6 is 104 Å². The Balaban J connectivity index is 0.000000303. The van der Waals surface area contributed by atoms with Gasteiger partial charge in [-0.1, -0.05) is 175 Å². The van der Waals surface area contributed by atoms with Gasteiger partial charge in [-0.15, -0.1) is 45.9 Å². The molecule has 0 radical (unpaired) electrons. The van der Waals surface area contributed by atoms with Crippen LogP contribution in [0.5, 0.6) is 46.5 Å². The lowest BCUT2D eigenvalue weighted by atomic mass is 10.1. The van der Waals surface area contributed by atoms with Gasteiger partial charge in [0.2, 0.25) is 34.9 Å². The topological polar surface area (TPSA) is 423 Å². The highest BCUT2D eigenvalue weighted by Crippen LogP contribution is 2.43. The number of nitrogen functional groups attached to an aromatic ring is 2. The fraction of sp³-hybridized carbons (Fsp3) is 0.284. The first kappa shape index (κ1) is 88.4. The Hall–Kier alpha value is -9.99. The van der Waals surface area contributed by atoms with Crippen LogP contribution in [0.15, 0.2) is 87.5 Å². The first-order valence-corrected chi connectivity index (χ1v) is 33.9. The average molecular weight is 1630 g/mol. The molecular formula is C67H72Cl9N21O9. The number of aromatic nitrogens is 11. The summed E-state index contributed by atoms with van der Waals surface area (Å²) < 4.78 is 28.1. The van der Waals surface area contributed by atoms with Crippen molar-refractivity contribution in [2.75, 3.05) is 60.6 Å². The normalized spacial score (nSPS) is 10.6. The zero-order valence-electron chi connectivity index (χ0n) is 57.0. The Morgan fingerprint density at radius 1 is 0.528 bits per heavy atom. The second-order valence-corrected chi connectivity index (χ2v) is 25.9. The van der Waals surface area contributed by atoms with Gasteiger partial charge >= 0.3 is 11.8 Å². The van der Waals surface area contributed by atoms with Gasteiger partial charge in [-0.2, -0.15) is 20.3 Å². The van der Waals surface area contributed by atoms with Crippen molar-refractivity contribution in [3.63, 3.8) is 0 Å². The summed E-state index contributed by atoms with van der Waals surface area (Å²) >= 11 is 55.5. The second kappa shape index (κ2) is 41.1. The average Bonchev–Trinajstić information content (AvgIpc) is 0.797. The molecule has 0 bridgehead atoms. The van der Waals surface area contributed by atoms with Crippen LogP contribution in [0, 0.1) is 22.7 Å². The van der Waals surface area contributed by atoms with Gasteiger partial charge in [-0.3, -0.25) is 25.3 Å². The van der Waals surface area contributed by atoms with Gasteiger partial charge in [0.25, 0.3) is 11.5 Å². The third-order valence-electron chi connectivity index (χ3n) is 13.5. The Morgan fingerprint density at radius 3 is 1.20 bits per heavy atom. The summed E-state index contributed by atoms with van der Waals surface area (Å²) in [5.74, 6) is 3.52. The molecule has 0 aliphatic heterocycles. The number of aromatic amines is 1. The molecule has 9 aromatic rings. The minimum atomic E-state index is -1.04. The number of nitrogens with zero attached hydrogens (tertiary/aromatic N) is 13. The number of anilines is 6. The number of ether oxygens (including phenoxy) is 5. The van der Waals surface area contributed by atoms with E-state index in [9.17, 15) is 19.2 Å². The van der Waals surface area contributed by atoms with E-state index in [1.807, 2.05) is 57.9 Å². The van der Waals surface area contributed by atoms with Crippen LogP contribution in [0.1, 0.15) is 129 Å². The first-order valence-electron chi connectivity index (χ1n) is 30.5. The van der Waals surface area contributed by atoms with Crippen molar-refractivity contribution in [2.24, 2.45) is 5.10 Å². The van der Waals surface area contributed by atoms with Crippen LogP contribution in [0.2, 0.25) is 45.3 Å². The van der Waals surface area contributed by atoms with E-state index in [2.05, 4.69) is 91.0 Å². The molecule has 0 saturated carbocycles. The fourth-order valence-corrected chi connectivity index (χ4v) is 11.1. The number of imide groups is 1. The molecule has 0 saturated heterocycles. The van der Waals surface area contributed by atoms with E-state index < -0.39 is 34.7 Å². The lowest BCUT2D eigenvalue weighted by molar-refractivity contribution is -0.114. The summed E-state index contributed by atoms with van der Waals surface area (Å²) in [5, 5.41) is 70.2. The van der Waals surface area contributed by atoms with Gasteiger partial charge < -0.3 is 51.1 Å². The van der Waals surface area contributed by atoms with Gasteiger partial charge in [-0.05, 0) is 84.7 Å². The van der Waals surface area contributed by atoms with Crippen molar-refractivity contribution in [2.45, 2.75) is 101 Å². The number of benzene rings is 4. The molecule has 9 rings (SSSR count). The highest BCUT2D eigenvalue weighted by molar-refractivity contribution is 6.47. The summed E-state index contributed by atoms with van der Waals surface area (Å²) in [6.45, 7) is 17.8. The molecule has 4 aromatic carbocycles. The minimum Gasteiger partial charge on any atom is -0.450 e. The van der Waals surface area contributed by atoms with Crippen molar-refractivity contribution in [1.29, 1.82) is 10.5 Å². The molecule has 30 nitrogen and oxygen atoms in total. The molecular weight excluding hydrogens is 1560 g/mol. The number of hydrogen-bond acceptors (Lipinski definition) is 27. The van der Waals surface area contributed by atoms with Crippen molar-refractivity contribution < 1.29 is 33.3 Å². The SMILES string of the molecule is C.C.CC(C)c1cc(Oc2c(Cl)cc(N)cc2Cl)nnc1Cl.CCOC(=O)NC(=O)/C(C#N)=N/Nc1cc(Cl)c(Oc2cc(C(C)C)c(NC)nn2)c(Cl)c1.CNc1nnc(Oc2c(Cl)cc(-n3nc(C#N)c(=O)[nH]c3=O)cc2Cl)cc1C(C)C.CNc1nnc(Oc2c(Cl)cc(N)cc2Cl)cc1C(C)C. The van der Waals surface area contributed by atoms with Crippen LogP contribution in [0.25, 0.3) is 5.69 Å². The van der Waals surface area contributed by atoms with Gasteiger partial charge in [-0.25, -0.2) is 9.59 Å². The molecule has 106 heavy (non-hydrogen) atoms. The number of hydrogen-bond donors (Lipinski definition) is 8. The number of nitrogens with one attached hydrogen (secondary N) is 6. The maximum atomic E-state index is 12.1. The van der Waals surface area contributed by atoms with Gasteiger partial charge in [0, 0.05) is 73.5 Å². The van der Waals surface area contributed by atoms with Crippen molar-refractivity contribution in [1.82, 2.24) is 60.9 Å². The number of carbonyl (C=O) groups excluding carboxylic acids is 2. The van der Waals surface area contributed by atoms with E-state index in [4.69, 9.17) is 145 Å². The Labute approximate surface area is 654 Å². The lowest BCUT2D eigenvalue weighted by Gasteiger charge is -2.14. The van der Waals surface area contributed by atoms with E-state index in [0.29, 0.717) is 65.7 Å². The van der Waals surface area contributed by atoms with E-state index >= 15 is 0 Å². The minimum absolute atomic E-state index is 0. The maximum absolute atomic E-state index is 12.1. The van der Waals surface area contributed by atoms with E-state index in [-0.39, 0.29) is 111 Å². The second-order valence-electron chi connectivity index (χ2n) is 22.3. The predicted octanol–water partition coefficient (Wildman–Crippen LogP) is 17.7. The third-order valence-corrected chi connectivity index (χ3v) is 16.0. The molecule has 0 aliphatic carbocycles. The van der Waals surface area contributed by atoms with Crippen molar-refractivity contribution in [3.8, 4) is 64.3 Å².